The van der Waals surface area contributed by atoms with Gasteiger partial charge < -0.3 is 49.2 Å². The molecule has 1 fully saturated rings. The molecular weight excluding hydrogens is 678 g/mol. The Morgan fingerprint density at radius 3 is 2.13 bits per heavy atom. The van der Waals surface area contributed by atoms with E-state index in [-0.39, 0.29) is 11.9 Å². The second-order valence-electron chi connectivity index (χ2n) is 11.9. The lowest BCUT2D eigenvalue weighted by molar-refractivity contribution is -0.134. The van der Waals surface area contributed by atoms with Gasteiger partial charge in [0, 0.05) is 36.7 Å². The molecule has 5 rings (SSSR count). The highest BCUT2D eigenvalue weighted by molar-refractivity contribution is 5.99. The molecule has 3 aromatic heterocycles. The lowest BCUT2D eigenvalue weighted by atomic mass is 9.96. The van der Waals surface area contributed by atoms with Crippen LogP contribution in [0.1, 0.15) is 19.3 Å². The van der Waals surface area contributed by atoms with Gasteiger partial charge in [-0.05, 0) is 42.5 Å². The predicted molar refractivity (Wildman–Crippen MR) is 190 cm³/mol. The molecule has 4 heterocycles. The van der Waals surface area contributed by atoms with Crippen molar-refractivity contribution in [1.82, 2.24) is 29.6 Å². The molecule has 19 heteroatoms. The molecule has 1 saturated heterocycles. The minimum atomic E-state index is 0.0886. The van der Waals surface area contributed by atoms with Gasteiger partial charge in [0.1, 0.15) is 23.4 Å². The number of fused-ring (bicyclic) bond motifs is 2. The van der Waals surface area contributed by atoms with E-state index in [0.717, 1.165) is 18.4 Å². The minimum absolute atomic E-state index is 0.0886. The number of piperidine rings is 1. The summed E-state index contributed by atoms with van der Waals surface area (Å²) < 4.78 is 40.0. The maximum Gasteiger partial charge on any atom is 0.292 e. The lowest BCUT2D eigenvalue weighted by Gasteiger charge is -2.32. The highest BCUT2D eigenvalue weighted by Gasteiger charge is 2.25. The fourth-order valence-corrected chi connectivity index (χ4v) is 5.73. The zero-order chi connectivity index (χ0) is 36.4. The smallest absolute Gasteiger partial charge is 0.292 e. The average Bonchev–Trinajstić information content (AvgIpc) is 3.72. The summed E-state index contributed by atoms with van der Waals surface area (Å²) in [4.78, 5) is 30.3. The maximum atomic E-state index is 12.8. The number of aromatic nitrogens is 5. The van der Waals surface area contributed by atoms with Crippen LogP contribution < -0.4 is 11.5 Å². The molecule has 0 aliphatic carbocycles. The Labute approximate surface area is 300 Å². The van der Waals surface area contributed by atoms with Crippen LogP contribution in [0, 0.1) is 5.92 Å². The Morgan fingerprint density at radius 1 is 0.885 bits per heavy atom. The number of benzene rings is 1. The molecule has 1 aliphatic heterocycles. The van der Waals surface area contributed by atoms with Crippen LogP contribution in [0.4, 0.5) is 11.8 Å². The van der Waals surface area contributed by atoms with Crippen LogP contribution in [0.3, 0.4) is 0 Å². The van der Waals surface area contributed by atoms with E-state index in [9.17, 15) is 4.79 Å². The van der Waals surface area contributed by atoms with Gasteiger partial charge in [-0.25, -0.2) is 14.6 Å². The van der Waals surface area contributed by atoms with Crippen molar-refractivity contribution in [2.75, 3.05) is 110 Å². The monoisotopic (exact) mass is 725 g/mol. The van der Waals surface area contributed by atoms with Crippen LogP contribution in [0.2, 0.25) is 0 Å². The highest BCUT2D eigenvalue weighted by Crippen LogP contribution is 2.33. The van der Waals surface area contributed by atoms with Crippen LogP contribution >= 0.6 is 0 Å². The van der Waals surface area contributed by atoms with Gasteiger partial charge in [-0.15, -0.1) is 0 Å². The number of nitrogens with two attached hydrogens (primary N) is 2. The van der Waals surface area contributed by atoms with E-state index >= 15 is 0 Å². The number of hydrogen-bond acceptors (Lipinski definition) is 15. The summed E-state index contributed by atoms with van der Waals surface area (Å²) in [7, 11) is 0. The Hall–Kier alpha value is -4.62. The second-order valence-corrected chi connectivity index (χ2v) is 11.9. The first-order valence-corrected chi connectivity index (χ1v) is 17.4. The zero-order valence-electron chi connectivity index (χ0n) is 29.3. The second kappa shape index (κ2) is 21.0. The van der Waals surface area contributed by atoms with Crippen molar-refractivity contribution in [2.45, 2.75) is 25.8 Å². The largest absolute Gasteiger partial charge is 0.424 e. The van der Waals surface area contributed by atoms with Gasteiger partial charge in [-0.3, -0.25) is 4.79 Å². The Morgan fingerprint density at radius 2 is 1.50 bits per heavy atom. The average molecular weight is 726 g/mol. The lowest BCUT2D eigenvalue weighted by Crippen LogP contribution is -2.39. The topological polar surface area (TPSA) is 246 Å². The number of nitrogens with zero attached hydrogens (tertiary/aromatic N) is 9. The first kappa shape index (κ1) is 38.6. The van der Waals surface area contributed by atoms with Crippen LogP contribution in [-0.2, 0) is 39.8 Å². The van der Waals surface area contributed by atoms with Crippen LogP contribution in [0.15, 0.2) is 34.1 Å². The van der Waals surface area contributed by atoms with Gasteiger partial charge in [-0.1, -0.05) is 5.11 Å². The van der Waals surface area contributed by atoms with Crippen molar-refractivity contribution < 1.29 is 37.6 Å². The molecule has 4 N–H and O–H groups in total. The number of carbonyl (C=O) groups is 1. The molecule has 0 spiro atoms. The van der Waals surface area contributed by atoms with Crippen LogP contribution in [-0.4, -0.2) is 134 Å². The summed E-state index contributed by atoms with van der Waals surface area (Å²) in [6.45, 7) is 7.55. The summed E-state index contributed by atoms with van der Waals surface area (Å²) in [5.74, 6) is 0.760. The normalized spacial score (nSPS) is 13.7. The third-order valence-corrected chi connectivity index (χ3v) is 8.35. The van der Waals surface area contributed by atoms with Gasteiger partial charge >= 0.3 is 0 Å². The van der Waals surface area contributed by atoms with E-state index in [1.807, 2.05) is 27.8 Å². The molecule has 0 radical (unpaired) electrons. The highest BCUT2D eigenvalue weighted by atomic mass is 16.6. The molecule has 19 nitrogen and oxygen atoms in total. The summed E-state index contributed by atoms with van der Waals surface area (Å²) in [6.07, 6.45) is 3.48. The molecule has 0 saturated carbocycles. The number of ether oxygens (including phenoxy) is 6. The van der Waals surface area contributed by atoms with E-state index in [1.165, 1.54) is 6.33 Å². The summed E-state index contributed by atoms with van der Waals surface area (Å²) in [5.41, 5.74) is 23.6. The van der Waals surface area contributed by atoms with E-state index in [0.29, 0.717) is 151 Å². The summed E-state index contributed by atoms with van der Waals surface area (Å²) in [5, 5.41) is 8.97. The number of anilines is 2. The SMILES string of the molecule is [N-]=[N+]=NCCOCCOCCOCCOCCOCCOCCC(=O)N1CCC(Cn2nc(-c3ccc4oc(N)nc4c3)c3c(N)ncnc32)CC1. The maximum absolute atomic E-state index is 12.8. The van der Waals surface area contributed by atoms with Crippen molar-refractivity contribution in [3.05, 3.63) is 35.0 Å². The molecule has 0 bridgehead atoms. The third kappa shape index (κ3) is 11.7. The zero-order valence-corrected chi connectivity index (χ0v) is 29.3. The van der Waals surface area contributed by atoms with Crippen LogP contribution in [0.25, 0.3) is 43.8 Å². The van der Waals surface area contributed by atoms with Gasteiger partial charge in [0.15, 0.2) is 11.2 Å². The molecule has 1 aromatic carbocycles. The first-order valence-electron chi connectivity index (χ1n) is 17.4. The number of likely N-dealkylation sites (tertiary alicyclic amines) is 1. The number of oxazole rings is 1. The van der Waals surface area contributed by atoms with E-state index < -0.39 is 0 Å². The quantitative estimate of drug-likeness (QED) is 0.0457. The van der Waals surface area contributed by atoms with Crippen molar-refractivity contribution in [2.24, 2.45) is 11.0 Å². The number of azide groups is 1. The summed E-state index contributed by atoms with van der Waals surface area (Å²) >= 11 is 0. The number of carbonyl (C=O) groups excluding carboxylic acids is 1. The van der Waals surface area contributed by atoms with E-state index in [2.05, 4.69) is 25.0 Å². The van der Waals surface area contributed by atoms with Crippen molar-refractivity contribution in [3.8, 4) is 11.3 Å². The van der Waals surface area contributed by atoms with Gasteiger partial charge in [0.2, 0.25) is 5.91 Å². The van der Waals surface area contributed by atoms with Crippen molar-refractivity contribution in [1.29, 1.82) is 0 Å². The molecule has 52 heavy (non-hydrogen) atoms. The Balaban J connectivity index is 0.891. The molecule has 0 unspecified atom stereocenters. The number of hydrogen-bond donors (Lipinski definition) is 2. The van der Waals surface area contributed by atoms with Crippen molar-refractivity contribution in [3.63, 3.8) is 0 Å². The van der Waals surface area contributed by atoms with Crippen molar-refractivity contribution >= 4 is 39.9 Å². The molecule has 0 atom stereocenters. The fraction of sp³-hybridized carbons (Fsp3) is 0.606. The number of amides is 1. The van der Waals surface area contributed by atoms with E-state index in [4.69, 9.17) is 54.9 Å². The Bertz CT molecular complexity index is 1740. The first-order chi connectivity index (χ1) is 25.5. The van der Waals surface area contributed by atoms with Gasteiger partial charge in [-0.2, -0.15) is 10.1 Å². The molecule has 4 aromatic rings. The predicted octanol–water partition coefficient (Wildman–Crippen LogP) is 2.84. The minimum Gasteiger partial charge on any atom is -0.424 e. The standard InChI is InChI=1S/C33H47N11O8/c34-31-29-30(25-1-2-27-26(21-25)40-33(35)52-27)41-44(32(29)38-23-37-31)22-24-3-7-43(8-4-24)28(45)5-9-46-11-13-48-15-17-50-19-20-51-18-16-49-14-12-47-10-6-39-42-36/h1-2,21,23-24H,3-20,22H2,(H2,35,40)(H2,34,37,38). The third-order valence-electron chi connectivity index (χ3n) is 8.35. The molecular formula is C33H47N11O8. The number of rotatable bonds is 24. The summed E-state index contributed by atoms with van der Waals surface area (Å²) in [6, 6.07) is 5.67. The molecule has 1 aliphatic rings. The van der Waals surface area contributed by atoms with Gasteiger partial charge in [0.25, 0.3) is 6.01 Å². The Kier molecular flexibility index (Phi) is 15.6. The number of nitrogen functional groups attached to an aromatic ring is 2. The molecule has 1 amide bonds. The van der Waals surface area contributed by atoms with Crippen LogP contribution in [0.5, 0.6) is 0 Å². The van der Waals surface area contributed by atoms with Gasteiger partial charge in [0.05, 0.1) is 91.1 Å². The van der Waals surface area contributed by atoms with E-state index in [1.54, 1.807) is 0 Å². The molecule has 282 valence electrons. The fourth-order valence-electron chi connectivity index (χ4n) is 5.73.